The Morgan fingerprint density at radius 2 is 0.679 bits per heavy atom. The van der Waals surface area contributed by atoms with E-state index in [1.165, 1.54) is 83.2 Å². The van der Waals surface area contributed by atoms with Crippen molar-refractivity contribution in [2.75, 3.05) is 0 Å². The largest absolute Gasteiger partial charge is 0.294 e. The van der Waals surface area contributed by atoms with Crippen molar-refractivity contribution in [3.05, 3.63) is 160 Å². The monoisotopic (exact) mass is 1550 g/mol. The quantitative estimate of drug-likeness (QED) is 0.0863. The van der Waals surface area contributed by atoms with Crippen LogP contribution in [0.5, 0.6) is 0 Å². The fourth-order valence-electron chi connectivity index (χ4n) is 14.2. The summed E-state index contributed by atoms with van der Waals surface area (Å²) in [5, 5.41) is 1.58. The first-order valence-electron chi connectivity index (χ1n) is 39.1. The highest BCUT2D eigenvalue weighted by molar-refractivity contribution is 6.85. The maximum Gasteiger partial charge on any atom is 0.278 e. The lowest BCUT2D eigenvalue weighted by molar-refractivity contribution is -0.121. The predicted molar refractivity (Wildman–Crippen MR) is 487 cm³/mol. The molecule has 0 aliphatic heterocycles. The second-order valence-electron chi connectivity index (χ2n) is 37.5. The first kappa shape index (κ1) is 99.8. The van der Waals surface area contributed by atoms with E-state index >= 15 is 0 Å². The predicted octanol–water partition coefficient (Wildman–Crippen LogP) is 25.5. The minimum Gasteiger partial charge on any atom is -0.294 e. The van der Waals surface area contributed by atoms with Crippen molar-refractivity contribution in [3.8, 4) is 69.9 Å². The molecule has 8 aliphatic rings. The molecule has 0 saturated carbocycles. The average Bonchev–Trinajstić information content (AvgIpc) is 1.55. The molecule has 6 nitrogen and oxygen atoms in total. The Labute approximate surface area is 671 Å². The summed E-state index contributed by atoms with van der Waals surface area (Å²) in [5.41, 5.74) is 39.2. The highest BCUT2D eigenvalue weighted by atomic mass is 28.3. The molecule has 0 heterocycles. The minimum absolute atomic E-state index is 0.0387. The molecule has 8 aliphatic carbocycles. The summed E-state index contributed by atoms with van der Waals surface area (Å²) in [7, 11) is -7.19. The summed E-state index contributed by atoms with van der Waals surface area (Å²) in [4.78, 5) is 71.7. The summed E-state index contributed by atoms with van der Waals surface area (Å²) < 4.78 is 0. The van der Waals surface area contributed by atoms with Gasteiger partial charge in [-0.25, -0.2) is 0 Å². The van der Waals surface area contributed by atoms with Crippen molar-refractivity contribution in [2.24, 2.45) is 17.3 Å². The van der Waals surface area contributed by atoms with Gasteiger partial charge in [-0.1, -0.05) is 260 Å². The van der Waals surface area contributed by atoms with Gasteiger partial charge in [0.15, 0.2) is 11.6 Å². The fourth-order valence-corrected chi connectivity index (χ4v) is 20.8. The molecule has 0 spiro atoms. The average molecular weight is 1560 g/mol. The first-order chi connectivity index (χ1) is 49.6. The Morgan fingerprint density at radius 3 is 1.06 bits per heavy atom. The van der Waals surface area contributed by atoms with Crippen molar-refractivity contribution in [1.29, 1.82) is 0 Å². The molecule has 109 heavy (non-hydrogen) atoms. The Bertz CT molecular complexity index is 4330. The molecular formula is C98H142O6Si5. The first-order valence-corrected chi connectivity index (χ1v) is 56.6. The number of carbonyl (C=O) groups excluding carboxylic acids is 6. The Balaban J connectivity index is 0.000000643. The number of allylic oxidation sites excluding steroid dienone is 24. The molecule has 0 fully saturated rings. The molecule has 0 aromatic carbocycles. The molecule has 4 atom stereocenters. The van der Waals surface area contributed by atoms with E-state index in [-0.39, 0.29) is 45.4 Å². The zero-order valence-corrected chi connectivity index (χ0v) is 80.4. The van der Waals surface area contributed by atoms with Gasteiger partial charge >= 0.3 is 0 Å². The number of ketones is 6. The normalized spacial score (nSPS) is 20.6. The van der Waals surface area contributed by atoms with Crippen molar-refractivity contribution in [1.82, 2.24) is 0 Å². The standard InChI is InChI=1S/C20H30OSi.C18H24O.2C15H22OSi.2C9H12OSi.2C6H10/c1-12-8-16-17(9-13(12)2)20(22(5,6)7)11-15(4)14(3)10-18(20)19(16)21;1-10-6-14-15(7-11(10)2)18(5)9-13(4)12(3)8-16(18)17(14)19;1-11-9-13(3)14(10-12(11)2)15(16)7-8-17(4,5)6;1-7-8-14(16)13-9-11(2)12(3)10-15(13)17(4,5)6;2*1-5-6-9(10)7-8-11(2,3)4;2*1-5(2)6(3)4/h18H,8-11H2,1-7H3;16H,6-9H2,1-5H3;2*9-10H2,1-6H3;2*1-4H3;2*1,3H2,2,4H3. The highest BCUT2D eigenvalue weighted by Gasteiger charge is 2.61. The number of fused-ring (bicyclic) bond motifs is 4. The SMILES string of the molecule is C=C(C)C(=C)C.C=C(C)C(=C)C.CC#CC(=O)C#C[Si](C)(C)C.CC#CC(=O)C#C[Si](C)(C)C.CC#CC(=O)C1=C([Si](C)(C)C)CC(C)=C(C)C1.CC1=C(C)CC(C(=O)C#C[Si](C)(C)C)=C(C)C1.CC1=C(C)CC2=C(C1)C(=O)C1CC(C)=C(C)CC21C.CC1=C(C)CC2=C(C1)C(=O)C1CC(C)=C(C)CC21[Si](C)(C)C. The summed E-state index contributed by atoms with van der Waals surface area (Å²) in [5.74, 6) is 24.1. The van der Waals surface area contributed by atoms with E-state index in [1.807, 2.05) is 27.7 Å². The molecule has 4 unspecified atom stereocenters. The zero-order chi connectivity index (χ0) is 84.9. The third kappa shape index (κ3) is 30.1. The molecule has 0 bridgehead atoms. The molecule has 0 radical (unpaired) electrons. The number of hydrogen-bond acceptors (Lipinski definition) is 6. The van der Waals surface area contributed by atoms with Crippen LogP contribution in [-0.2, 0) is 28.8 Å². The summed E-state index contributed by atoms with van der Waals surface area (Å²) >= 11 is 0. The van der Waals surface area contributed by atoms with Crippen molar-refractivity contribution >= 4 is 75.1 Å². The van der Waals surface area contributed by atoms with Crippen LogP contribution in [0.1, 0.15) is 222 Å². The fraction of sp³-hybridized carbons (Fsp3) is 0.531. The topological polar surface area (TPSA) is 102 Å². The van der Waals surface area contributed by atoms with E-state index in [9.17, 15) is 28.8 Å². The van der Waals surface area contributed by atoms with Gasteiger partial charge in [0, 0.05) is 33.4 Å². The van der Waals surface area contributed by atoms with E-state index in [4.69, 9.17) is 0 Å². The molecular weight excluding hydrogens is 1410 g/mol. The van der Waals surface area contributed by atoms with Gasteiger partial charge < -0.3 is 0 Å². The molecule has 0 amide bonds. The van der Waals surface area contributed by atoms with Crippen LogP contribution < -0.4 is 0 Å². The molecule has 0 aromatic rings. The minimum atomic E-state index is -1.52. The van der Waals surface area contributed by atoms with Crippen LogP contribution in [0.3, 0.4) is 0 Å². The Morgan fingerprint density at radius 1 is 0.358 bits per heavy atom. The summed E-state index contributed by atoms with van der Waals surface area (Å²) in [6.07, 6.45) is 11.6. The maximum absolute atomic E-state index is 13.2. The van der Waals surface area contributed by atoms with Gasteiger partial charge in [0.1, 0.15) is 24.2 Å². The van der Waals surface area contributed by atoms with Gasteiger partial charge in [0.25, 0.3) is 11.6 Å². The van der Waals surface area contributed by atoms with Gasteiger partial charge in [-0.2, -0.15) is 0 Å². The van der Waals surface area contributed by atoms with Gasteiger partial charge in [0.05, 0.1) is 16.1 Å². The second-order valence-corrected chi connectivity index (χ2v) is 62.2. The molecule has 0 saturated heterocycles. The van der Waals surface area contributed by atoms with Crippen LogP contribution in [0.25, 0.3) is 0 Å². The molecule has 590 valence electrons. The molecule has 0 N–H and O–H groups in total. The molecule has 8 rings (SSSR count). The Kier molecular flexibility index (Phi) is 38.4. The lowest BCUT2D eigenvalue weighted by Gasteiger charge is -2.50. The molecule has 0 aromatic heterocycles. The highest BCUT2D eigenvalue weighted by Crippen LogP contribution is 2.68. The summed E-state index contributed by atoms with van der Waals surface area (Å²) in [6, 6.07) is 0. The van der Waals surface area contributed by atoms with E-state index in [0.29, 0.717) is 11.6 Å². The van der Waals surface area contributed by atoms with Crippen LogP contribution in [0.15, 0.2) is 160 Å². The second kappa shape index (κ2) is 41.9. The van der Waals surface area contributed by atoms with Crippen LogP contribution in [-0.4, -0.2) is 75.1 Å². The zero-order valence-electron chi connectivity index (χ0n) is 75.4. The maximum atomic E-state index is 13.2. The van der Waals surface area contributed by atoms with Crippen molar-refractivity contribution < 1.29 is 28.8 Å². The van der Waals surface area contributed by atoms with Crippen LogP contribution >= 0.6 is 0 Å². The van der Waals surface area contributed by atoms with Crippen LogP contribution in [0.2, 0.25) is 103 Å². The third-order valence-corrected chi connectivity index (χ3v) is 30.7. The van der Waals surface area contributed by atoms with Gasteiger partial charge in [-0.15, -0.1) is 16.6 Å². The van der Waals surface area contributed by atoms with E-state index in [2.05, 4.69) is 291 Å². The van der Waals surface area contributed by atoms with Crippen LogP contribution in [0.4, 0.5) is 0 Å². The van der Waals surface area contributed by atoms with Gasteiger partial charge in [0.2, 0.25) is 11.6 Å². The van der Waals surface area contributed by atoms with E-state index in [1.54, 1.807) is 31.9 Å². The van der Waals surface area contributed by atoms with E-state index in [0.717, 1.165) is 116 Å². The summed E-state index contributed by atoms with van der Waals surface area (Å²) in [6.45, 7) is 91.6. The number of hydrogen-bond donors (Lipinski definition) is 0. The smallest absolute Gasteiger partial charge is 0.278 e. The third-order valence-electron chi connectivity index (χ3n) is 22.2. The molecule has 11 heteroatoms. The van der Waals surface area contributed by atoms with E-state index < -0.39 is 40.4 Å². The number of Topliss-reactive ketones (excluding diaryl/α,β-unsaturated/α-hetero) is 6. The lowest BCUT2D eigenvalue weighted by Crippen LogP contribution is -2.47. The van der Waals surface area contributed by atoms with Gasteiger partial charge in [-0.3, -0.25) is 28.8 Å². The lowest BCUT2D eigenvalue weighted by atomic mass is 9.64. The van der Waals surface area contributed by atoms with Crippen molar-refractivity contribution in [3.63, 3.8) is 0 Å². The Hall–Kier alpha value is -7.18. The number of rotatable bonds is 6. The number of carbonyl (C=O) groups is 6. The van der Waals surface area contributed by atoms with Gasteiger partial charge in [-0.05, 0) is 262 Å². The van der Waals surface area contributed by atoms with Crippen molar-refractivity contribution in [2.45, 2.75) is 326 Å². The van der Waals surface area contributed by atoms with Crippen LogP contribution in [0, 0.1) is 87.2 Å².